The Balaban J connectivity index is 4.78. The quantitative estimate of drug-likeness (QED) is 0.561. The highest BCUT2D eigenvalue weighted by molar-refractivity contribution is 7.61. The number of rotatable bonds is 2. The van der Waals surface area contributed by atoms with Crippen LogP contribution < -0.4 is 0 Å². The molecule has 0 fully saturated rings. The minimum Gasteiger partial charge on any atom is -0.0927 e. The minimum absolute atomic E-state index is 0.0959. The molecule has 0 bridgehead atoms. The van der Waals surface area contributed by atoms with Crippen LogP contribution in [0.5, 0.6) is 0 Å². The van der Waals surface area contributed by atoms with Gasteiger partial charge in [-0.05, 0) is 22.4 Å². The van der Waals surface area contributed by atoms with Crippen LogP contribution in [0.4, 0.5) is 0 Å². The SMILES string of the molecule is CCC(C)P(C(C)(C)C)C(C)(C)C. The third-order valence-electron chi connectivity index (χ3n) is 2.48. The molecule has 0 aromatic heterocycles. The molecule has 13 heavy (non-hydrogen) atoms. The fourth-order valence-electron chi connectivity index (χ4n) is 2.51. The summed E-state index contributed by atoms with van der Waals surface area (Å²) in [6.07, 6.45) is 1.32. The predicted octanol–water partition coefficient (Wildman–Crippen LogP) is 4.86. The largest absolute Gasteiger partial charge is 0.0927 e. The van der Waals surface area contributed by atoms with Gasteiger partial charge < -0.3 is 0 Å². The highest BCUT2D eigenvalue weighted by Gasteiger charge is 2.36. The predicted molar refractivity (Wildman–Crippen MR) is 66.2 cm³/mol. The lowest BCUT2D eigenvalue weighted by atomic mass is 10.2. The molecule has 0 radical (unpaired) electrons. The molecule has 0 aliphatic rings. The molecule has 0 rings (SSSR count). The first kappa shape index (κ1) is 13.4. The summed E-state index contributed by atoms with van der Waals surface area (Å²) in [6, 6.07) is 0. The van der Waals surface area contributed by atoms with E-state index in [1.165, 1.54) is 6.42 Å². The zero-order valence-corrected chi connectivity index (χ0v) is 11.6. The second-order valence-electron chi connectivity index (χ2n) is 5.97. The van der Waals surface area contributed by atoms with Crippen LogP contribution in [0.1, 0.15) is 61.8 Å². The van der Waals surface area contributed by atoms with Gasteiger partial charge in [-0.25, -0.2) is 0 Å². The average Bonchev–Trinajstić information content (AvgIpc) is 1.80. The Morgan fingerprint density at radius 2 is 1.23 bits per heavy atom. The van der Waals surface area contributed by atoms with Gasteiger partial charge >= 0.3 is 0 Å². The Bertz CT molecular complexity index is 133. The summed E-state index contributed by atoms with van der Waals surface area (Å²) in [4.78, 5) is 0. The van der Waals surface area contributed by atoms with Crippen molar-refractivity contribution in [1.82, 2.24) is 0 Å². The van der Waals surface area contributed by atoms with Crippen molar-refractivity contribution in [3.63, 3.8) is 0 Å². The average molecular weight is 202 g/mol. The summed E-state index contributed by atoms with van der Waals surface area (Å²) in [5, 5.41) is 0.978. The molecule has 1 atom stereocenters. The Kier molecular flexibility index (Phi) is 4.44. The van der Waals surface area contributed by atoms with Gasteiger partial charge in [-0.2, -0.15) is 0 Å². The summed E-state index contributed by atoms with van der Waals surface area (Å²) in [5.74, 6) is 0. The van der Waals surface area contributed by atoms with Crippen LogP contribution in [0.3, 0.4) is 0 Å². The van der Waals surface area contributed by atoms with Crippen molar-refractivity contribution >= 4 is 7.92 Å². The van der Waals surface area contributed by atoms with Crippen molar-refractivity contribution in [2.24, 2.45) is 0 Å². The third-order valence-corrected chi connectivity index (χ3v) is 6.61. The molecule has 0 aromatic carbocycles. The first-order valence-electron chi connectivity index (χ1n) is 5.40. The van der Waals surface area contributed by atoms with Crippen LogP contribution >= 0.6 is 7.92 Å². The standard InChI is InChI=1S/C12H27P/c1-9-10(2)13(11(3,4)5)12(6,7)8/h10H,9H2,1-8H3. The summed E-state index contributed by atoms with van der Waals surface area (Å²) >= 11 is 0. The van der Waals surface area contributed by atoms with Crippen LogP contribution in [0, 0.1) is 0 Å². The van der Waals surface area contributed by atoms with Crippen molar-refractivity contribution in [1.29, 1.82) is 0 Å². The van der Waals surface area contributed by atoms with Gasteiger partial charge in [0, 0.05) is 0 Å². The van der Waals surface area contributed by atoms with Gasteiger partial charge in [0.15, 0.2) is 0 Å². The van der Waals surface area contributed by atoms with Gasteiger partial charge in [-0.15, -0.1) is 0 Å². The summed E-state index contributed by atoms with van der Waals surface area (Å²) in [6.45, 7) is 19.1. The third kappa shape index (κ3) is 3.98. The smallest absolute Gasteiger partial charge is 0.0172 e. The summed E-state index contributed by atoms with van der Waals surface area (Å²) in [5.41, 5.74) is 0.884. The van der Waals surface area contributed by atoms with E-state index in [9.17, 15) is 0 Å². The Morgan fingerprint density at radius 1 is 0.923 bits per heavy atom. The van der Waals surface area contributed by atoms with E-state index in [2.05, 4.69) is 55.4 Å². The van der Waals surface area contributed by atoms with E-state index < -0.39 is 0 Å². The van der Waals surface area contributed by atoms with Gasteiger partial charge in [-0.1, -0.05) is 63.3 Å². The van der Waals surface area contributed by atoms with Gasteiger partial charge in [0.25, 0.3) is 0 Å². The maximum atomic E-state index is 2.42. The summed E-state index contributed by atoms with van der Waals surface area (Å²) < 4.78 is 0. The second-order valence-corrected chi connectivity index (χ2v) is 10.3. The van der Waals surface area contributed by atoms with Crippen molar-refractivity contribution in [3.05, 3.63) is 0 Å². The lowest BCUT2D eigenvalue weighted by molar-refractivity contribution is 0.679. The first-order valence-corrected chi connectivity index (χ1v) is 6.81. The molecule has 0 aliphatic carbocycles. The lowest BCUT2D eigenvalue weighted by Gasteiger charge is -2.45. The van der Waals surface area contributed by atoms with E-state index >= 15 is 0 Å². The van der Waals surface area contributed by atoms with Gasteiger partial charge in [0.2, 0.25) is 0 Å². The maximum absolute atomic E-state index is 2.42. The molecule has 0 spiro atoms. The minimum atomic E-state index is 0.0959. The molecule has 0 nitrogen and oxygen atoms in total. The van der Waals surface area contributed by atoms with E-state index in [-0.39, 0.29) is 7.92 Å². The van der Waals surface area contributed by atoms with E-state index in [0.717, 1.165) is 5.66 Å². The molecular formula is C12H27P. The van der Waals surface area contributed by atoms with Gasteiger partial charge in [0.05, 0.1) is 0 Å². The molecule has 0 aliphatic heterocycles. The number of hydrogen-bond donors (Lipinski definition) is 0. The van der Waals surface area contributed by atoms with Crippen LogP contribution in [0.2, 0.25) is 0 Å². The van der Waals surface area contributed by atoms with Crippen molar-refractivity contribution in [2.45, 2.75) is 77.8 Å². The molecule has 0 aromatic rings. The Labute approximate surface area is 86.3 Å². The normalized spacial score (nSPS) is 16.4. The Hall–Kier alpha value is 0.430. The molecule has 1 unspecified atom stereocenters. The second kappa shape index (κ2) is 4.30. The fourth-order valence-corrected chi connectivity index (χ4v) is 7.53. The maximum Gasteiger partial charge on any atom is -0.0172 e. The highest BCUT2D eigenvalue weighted by Crippen LogP contribution is 2.62. The van der Waals surface area contributed by atoms with Crippen LogP contribution in [0.15, 0.2) is 0 Å². The first-order chi connectivity index (χ1) is 5.60. The van der Waals surface area contributed by atoms with Crippen LogP contribution in [-0.4, -0.2) is 16.0 Å². The zero-order valence-electron chi connectivity index (χ0n) is 10.7. The molecular weight excluding hydrogens is 175 g/mol. The molecule has 0 saturated carbocycles. The molecule has 0 amide bonds. The zero-order chi connectivity index (χ0) is 10.9. The molecule has 0 N–H and O–H groups in total. The van der Waals surface area contributed by atoms with E-state index in [0.29, 0.717) is 10.3 Å². The fraction of sp³-hybridized carbons (Fsp3) is 1.00. The van der Waals surface area contributed by atoms with Gasteiger partial charge in [-0.3, -0.25) is 0 Å². The number of hydrogen-bond acceptors (Lipinski definition) is 0. The highest BCUT2D eigenvalue weighted by atomic mass is 31.1. The van der Waals surface area contributed by atoms with Gasteiger partial charge in [0.1, 0.15) is 0 Å². The molecule has 80 valence electrons. The van der Waals surface area contributed by atoms with Crippen molar-refractivity contribution < 1.29 is 0 Å². The topological polar surface area (TPSA) is 0 Å². The van der Waals surface area contributed by atoms with E-state index in [4.69, 9.17) is 0 Å². The van der Waals surface area contributed by atoms with E-state index in [1.54, 1.807) is 0 Å². The monoisotopic (exact) mass is 202 g/mol. The van der Waals surface area contributed by atoms with Crippen molar-refractivity contribution in [3.8, 4) is 0 Å². The molecule has 0 saturated heterocycles. The lowest BCUT2D eigenvalue weighted by Crippen LogP contribution is -2.30. The molecule has 0 heterocycles. The van der Waals surface area contributed by atoms with Crippen LogP contribution in [0.25, 0.3) is 0 Å². The van der Waals surface area contributed by atoms with E-state index in [1.807, 2.05) is 0 Å². The van der Waals surface area contributed by atoms with Crippen molar-refractivity contribution in [2.75, 3.05) is 0 Å². The summed E-state index contributed by atoms with van der Waals surface area (Å²) in [7, 11) is 0.0959. The van der Waals surface area contributed by atoms with Crippen LogP contribution in [-0.2, 0) is 0 Å². The Morgan fingerprint density at radius 3 is 1.31 bits per heavy atom. The molecule has 1 heteroatoms.